The molecule has 6 nitrogen and oxygen atoms in total. The van der Waals surface area contributed by atoms with Crippen LogP contribution in [0.15, 0.2) is 30.5 Å². The summed E-state index contributed by atoms with van der Waals surface area (Å²) in [4.78, 5) is 19.7. The lowest BCUT2D eigenvalue weighted by molar-refractivity contribution is 0.0599. The number of carbonyl (C=O) groups is 1. The molecule has 0 fully saturated rings. The molecular formula is C15H15ClN2O4. The van der Waals surface area contributed by atoms with Crippen LogP contribution in [-0.2, 0) is 10.3 Å². The molecule has 1 atom stereocenters. The first-order valence-electron chi connectivity index (χ1n) is 6.38. The van der Waals surface area contributed by atoms with Gasteiger partial charge in [-0.05, 0) is 30.7 Å². The molecule has 0 aliphatic carbocycles. The zero-order valence-corrected chi connectivity index (χ0v) is 13.1. The average molecular weight is 323 g/mol. The molecule has 2 aromatic rings. The van der Waals surface area contributed by atoms with E-state index in [1.165, 1.54) is 32.5 Å². The van der Waals surface area contributed by atoms with Crippen LogP contribution in [0, 0.1) is 0 Å². The van der Waals surface area contributed by atoms with E-state index in [4.69, 9.17) is 16.3 Å². The molecule has 0 amide bonds. The molecular weight excluding hydrogens is 308 g/mol. The second kappa shape index (κ2) is 6.29. The number of rotatable bonds is 4. The summed E-state index contributed by atoms with van der Waals surface area (Å²) in [5, 5.41) is 11.0. The molecule has 1 aromatic carbocycles. The number of aliphatic hydroxyl groups is 1. The first-order valence-corrected chi connectivity index (χ1v) is 6.76. The van der Waals surface area contributed by atoms with E-state index in [1.807, 2.05) is 0 Å². The summed E-state index contributed by atoms with van der Waals surface area (Å²) in [5.41, 5.74) is -0.512. The second-order valence-electron chi connectivity index (χ2n) is 4.69. The molecule has 0 radical (unpaired) electrons. The molecule has 0 unspecified atom stereocenters. The van der Waals surface area contributed by atoms with E-state index in [-0.39, 0.29) is 16.6 Å². The monoisotopic (exact) mass is 322 g/mol. The Bertz CT molecular complexity index is 704. The van der Waals surface area contributed by atoms with Crippen LogP contribution < -0.4 is 4.74 Å². The van der Waals surface area contributed by atoms with Crippen LogP contribution in [0.2, 0.25) is 5.02 Å². The Labute approximate surface area is 132 Å². The fourth-order valence-corrected chi connectivity index (χ4v) is 2.15. The predicted octanol–water partition coefficient (Wildman–Crippen LogP) is 2.18. The normalized spacial score (nSPS) is 13.3. The molecule has 116 valence electrons. The molecule has 2 rings (SSSR count). The summed E-state index contributed by atoms with van der Waals surface area (Å²) in [6.45, 7) is 1.55. The zero-order chi connectivity index (χ0) is 16.3. The number of methoxy groups -OCH3 is 2. The van der Waals surface area contributed by atoms with Crippen LogP contribution >= 0.6 is 11.6 Å². The molecule has 0 saturated carbocycles. The van der Waals surface area contributed by atoms with E-state index in [9.17, 15) is 9.90 Å². The number of carbonyl (C=O) groups excluding carboxylic acids is 1. The van der Waals surface area contributed by atoms with E-state index >= 15 is 0 Å². The number of hydrogen-bond acceptors (Lipinski definition) is 6. The largest absolute Gasteiger partial charge is 0.467 e. The van der Waals surface area contributed by atoms with Crippen LogP contribution in [0.4, 0.5) is 0 Å². The minimum Gasteiger partial charge on any atom is -0.467 e. The summed E-state index contributed by atoms with van der Waals surface area (Å²) >= 11 is 5.99. The number of ether oxygens (including phenoxy) is 2. The van der Waals surface area contributed by atoms with Crippen LogP contribution in [-0.4, -0.2) is 35.3 Å². The van der Waals surface area contributed by atoms with Gasteiger partial charge in [-0.2, -0.15) is 4.98 Å². The van der Waals surface area contributed by atoms with Crippen molar-refractivity contribution in [2.75, 3.05) is 14.2 Å². The minimum atomic E-state index is -1.45. The van der Waals surface area contributed by atoms with Gasteiger partial charge in [0.1, 0.15) is 5.60 Å². The number of nitrogens with zero attached hydrogens (tertiary/aromatic N) is 2. The first-order chi connectivity index (χ1) is 10.4. The van der Waals surface area contributed by atoms with Crippen LogP contribution in [0.1, 0.15) is 28.5 Å². The van der Waals surface area contributed by atoms with Gasteiger partial charge in [0, 0.05) is 6.20 Å². The number of aromatic nitrogens is 2. The summed E-state index contributed by atoms with van der Waals surface area (Å²) in [6, 6.07) is 6.32. The van der Waals surface area contributed by atoms with Gasteiger partial charge in [0.15, 0.2) is 0 Å². The van der Waals surface area contributed by atoms with Gasteiger partial charge in [-0.1, -0.05) is 17.7 Å². The second-order valence-corrected chi connectivity index (χ2v) is 5.09. The van der Waals surface area contributed by atoms with Crippen molar-refractivity contribution < 1.29 is 19.4 Å². The number of halogens is 1. The fourth-order valence-electron chi connectivity index (χ4n) is 1.95. The lowest BCUT2D eigenvalue weighted by Crippen LogP contribution is -2.25. The molecule has 0 saturated heterocycles. The van der Waals surface area contributed by atoms with Crippen molar-refractivity contribution in [1.82, 2.24) is 9.97 Å². The number of hydrogen-bond donors (Lipinski definition) is 1. The Morgan fingerprint density at radius 3 is 2.68 bits per heavy atom. The SMILES string of the molecule is COC(=O)c1cc([C@@](C)(O)c2ccnc(OC)n2)ccc1Cl. The predicted molar refractivity (Wildman–Crippen MR) is 80.0 cm³/mol. The van der Waals surface area contributed by atoms with E-state index in [0.29, 0.717) is 11.3 Å². The van der Waals surface area contributed by atoms with E-state index in [0.717, 1.165) is 0 Å². The van der Waals surface area contributed by atoms with Gasteiger partial charge in [0.25, 0.3) is 0 Å². The Hall–Kier alpha value is -2.18. The maximum atomic E-state index is 11.7. The van der Waals surface area contributed by atoms with Gasteiger partial charge >= 0.3 is 12.0 Å². The highest BCUT2D eigenvalue weighted by molar-refractivity contribution is 6.33. The summed E-state index contributed by atoms with van der Waals surface area (Å²) in [5.74, 6) is -0.581. The van der Waals surface area contributed by atoms with Gasteiger partial charge in [0.05, 0.1) is 30.5 Å². The summed E-state index contributed by atoms with van der Waals surface area (Å²) < 4.78 is 9.63. The highest BCUT2D eigenvalue weighted by atomic mass is 35.5. The molecule has 22 heavy (non-hydrogen) atoms. The van der Waals surface area contributed by atoms with Crippen molar-refractivity contribution in [3.63, 3.8) is 0 Å². The Morgan fingerprint density at radius 1 is 1.32 bits per heavy atom. The third kappa shape index (κ3) is 3.03. The molecule has 0 aliphatic heterocycles. The van der Waals surface area contributed by atoms with Crippen LogP contribution in [0.3, 0.4) is 0 Å². The van der Waals surface area contributed by atoms with Crippen molar-refractivity contribution in [2.24, 2.45) is 0 Å². The quantitative estimate of drug-likeness (QED) is 0.869. The zero-order valence-electron chi connectivity index (χ0n) is 12.3. The molecule has 1 heterocycles. The number of benzene rings is 1. The fraction of sp³-hybridized carbons (Fsp3) is 0.267. The Balaban J connectivity index is 2.51. The average Bonchev–Trinajstić information content (AvgIpc) is 2.54. The highest BCUT2D eigenvalue weighted by Gasteiger charge is 2.29. The first kappa shape index (κ1) is 16.2. The van der Waals surface area contributed by atoms with E-state index in [2.05, 4.69) is 14.7 Å². The summed E-state index contributed by atoms with van der Waals surface area (Å²) in [6.07, 6.45) is 1.48. The molecule has 1 N–H and O–H groups in total. The Morgan fingerprint density at radius 2 is 2.05 bits per heavy atom. The number of esters is 1. The van der Waals surface area contributed by atoms with Gasteiger partial charge in [-0.3, -0.25) is 0 Å². The Kier molecular flexibility index (Phi) is 4.63. The van der Waals surface area contributed by atoms with Crippen LogP contribution in [0.5, 0.6) is 6.01 Å². The van der Waals surface area contributed by atoms with Gasteiger partial charge in [0.2, 0.25) is 0 Å². The molecule has 0 bridgehead atoms. The highest BCUT2D eigenvalue weighted by Crippen LogP contribution is 2.31. The molecule has 0 aliphatic rings. The lowest BCUT2D eigenvalue weighted by atomic mass is 9.91. The minimum absolute atomic E-state index is 0.139. The summed E-state index contributed by atoms with van der Waals surface area (Å²) in [7, 11) is 2.70. The van der Waals surface area contributed by atoms with Crippen LogP contribution in [0.25, 0.3) is 0 Å². The third-order valence-corrected chi connectivity index (χ3v) is 3.58. The van der Waals surface area contributed by atoms with Gasteiger partial charge in [-0.15, -0.1) is 0 Å². The van der Waals surface area contributed by atoms with Crippen molar-refractivity contribution in [1.29, 1.82) is 0 Å². The smallest absolute Gasteiger partial charge is 0.339 e. The maximum absolute atomic E-state index is 11.7. The topological polar surface area (TPSA) is 81.5 Å². The van der Waals surface area contributed by atoms with E-state index in [1.54, 1.807) is 19.1 Å². The van der Waals surface area contributed by atoms with Crippen molar-refractivity contribution in [3.05, 3.63) is 52.3 Å². The van der Waals surface area contributed by atoms with Crippen molar-refractivity contribution >= 4 is 17.6 Å². The molecule has 0 spiro atoms. The van der Waals surface area contributed by atoms with E-state index < -0.39 is 11.6 Å². The van der Waals surface area contributed by atoms with Gasteiger partial charge in [-0.25, -0.2) is 9.78 Å². The maximum Gasteiger partial charge on any atom is 0.339 e. The molecule has 1 aromatic heterocycles. The lowest BCUT2D eigenvalue weighted by Gasteiger charge is -2.24. The van der Waals surface area contributed by atoms with Gasteiger partial charge < -0.3 is 14.6 Å². The van der Waals surface area contributed by atoms with Crippen molar-refractivity contribution in [2.45, 2.75) is 12.5 Å². The third-order valence-electron chi connectivity index (χ3n) is 3.25. The molecule has 7 heteroatoms. The standard InChI is InChI=1S/C15H15ClN2O4/c1-15(20,12-6-7-17-14(18-12)22-3)9-4-5-11(16)10(8-9)13(19)21-2/h4-8,20H,1-3H3/t15-/m1/s1. The van der Waals surface area contributed by atoms with Crippen molar-refractivity contribution in [3.8, 4) is 6.01 Å².